The van der Waals surface area contributed by atoms with Gasteiger partial charge in [0.2, 0.25) is 0 Å². The van der Waals surface area contributed by atoms with E-state index in [-0.39, 0.29) is 12.5 Å². The summed E-state index contributed by atoms with van der Waals surface area (Å²) in [4.78, 5) is 12.3. The molecular weight excluding hydrogens is 380 g/mol. The predicted molar refractivity (Wildman–Crippen MR) is 114 cm³/mol. The maximum Gasteiger partial charge on any atom is 0.316 e. The Morgan fingerprint density at radius 3 is 2.23 bits per heavy atom. The Morgan fingerprint density at radius 2 is 1.70 bits per heavy atom. The lowest BCUT2D eigenvalue weighted by Gasteiger charge is -2.14. The highest BCUT2D eigenvalue weighted by atomic mass is 16.5. The monoisotopic (exact) mass is 406 g/mol. The summed E-state index contributed by atoms with van der Waals surface area (Å²) < 4.78 is 10.7. The van der Waals surface area contributed by atoms with Crippen molar-refractivity contribution in [1.29, 1.82) is 0 Å². The Morgan fingerprint density at radius 1 is 1.13 bits per heavy atom. The van der Waals surface area contributed by atoms with Crippen molar-refractivity contribution in [2.24, 2.45) is 5.73 Å². The van der Waals surface area contributed by atoms with Crippen LogP contribution in [-0.4, -0.2) is 29.4 Å². The summed E-state index contributed by atoms with van der Waals surface area (Å²) >= 11 is 0. The lowest BCUT2D eigenvalue weighted by molar-refractivity contribution is -0.146. The SMILES string of the molecule is CCOC(=O)C1(c2ccc(-c3ccc(-c4onc(C)c4C(O)CN)cc3)cc2)CC1. The van der Waals surface area contributed by atoms with Gasteiger partial charge in [0.25, 0.3) is 0 Å². The van der Waals surface area contributed by atoms with Gasteiger partial charge in [-0.2, -0.15) is 0 Å². The van der Waals surface area contributed by atoms with Crippen molar-refractivity contribution in [2.45, 2.75) is 38.2 Å². The van der Waals surface area contributed by atoms with Crippen LogP contribution in [-0.2, 0) is 14.9 Å². The van der Waals surface area contributed by atoms with E-state index in [9.17, 15) is 9.90 Å². The molecular formula is C24H26N2O4. The van der Waals surface area contributed by atoms with E-state index in [0.717, 1.165) is 35.1 Å². The minimum atomic E-state index is -0.812. The molecule has 6 nitrogen and oxygen atoms in total. The summed E-state index contributed by atoms with van der Waals surface area (Å²) in [5, 5.41) is 14.2. The summed E-state index contributed by atoms with van der Waals surface area (Å²) in [6.45, 7) is 4.13. The molecule has 0 spiro atoms. The second-order valence-electron chi connectivity index (χ2n) is 7.72. The number of benzene rings is 2. The van der Waals surface area contributed by atoms with Gasteiger partial charge >= 0.3 is 5.97 Å². The zero-order valence-corrected chi connectivity index (χ0v) is 17.2. The zero-order valence-electron chi connectivity index (χ0n) is 17.2. The van der Waals surface area contributed by atoms with E-state index in [2.05, 4.69) is 5.16 Å². The molecule has 1 aliphatic rings. The van der Waals surface area contributed by atoms with E-state index in [1.165, 1.54) is 0 Å². The molecule has 1 atom stereocenters. The lowest BCUT2D eigenvalue weighted by Crippen LogP contribution is -2.23. The van der Waals surface area contributed by atoms with Crippen LogP contribution in [0.2, 0.25) is 0 Å². The number of nitrogens with zero attached hydrogens (tertiary/aromatic N) is 1. The average molecular weight is 406 g/mol. The van der Waals surface area contributed by atoms with Gasteiger partial charge in [0.1, 0.15) is 0 Å². The predicted octanol–water partition coefficient (Wildman–Crippen LogP) is 3.90. The molecule has 1 aliphatic carbocycles. The van der Waals surface area contributed by atoms with Gasteiger partial charge in [-0.05, 0) is 43.4 Å². The number of ether oxygens (including phenoxy) is 1. The highest BCUT2D eigenvalue weighted by molar-refractivity contribution is 5.87. The fraction of sp³-hybridized carbons (Fsp3) is 0.333. The number of carbonyl (C=O) groups is 1. The summed E-state index contributed by atoms with van der Waals surface area (Å²) in [7, 11) is 0. The van der Waals surface area contributed by atoms with Crippen LogP contribution in [0, 0.1) is 6.92 Å². The number of aliphatic hydroxyl groups excluding tert-OH is 1. The summed E-state index contributed by atoms with van der Waals surface area (Å²) in [6.07, 6.45) is 0.869. The van der Waals surface area contributed by atoms with Crippen molar-refractivity contribution in [3.8, 4) is 22.5 Å². The van der Waals surface area contributed by atoms with E-state index in [1.807, 2.05) is 55.5 Å². The molecule has 2 aromatic carbocycles. The van der Waals surface area contributed by atoms with Crippen molar-refractivity contribution in [3.63, 3.8) is 0 Å². The summed E-state index contributed by atoms with van der Waals surface area (Å²) in [5.41, 5.74) is 10.4. The second-order valence-corrected chi connectivity index (χ2v) is 7.72. The van der Waals surface area contributed by atoms with Gasteiger partial charge < -0.3 is 20.1 Å². The zero-order chi connectivity index (χ0) is 21.3. The molecule has 30 heavy (non-hydrogen) atoms. The van der Waals surface area contributed by atoms with Crippen molar-refractivity contribution in [1.82, 2.24) is 5.16 Å². The number of aromatic nitrogens is 1. The molecule has 3 aromatic rings. The van der Waals surface area contributed by atoms with E-state index in [1.54, 1.807) is 6.92 Å². The Bertz CT molecular complexity index is 1030. The molecule has 156 valence electrons. The number of carbonyl (C=O) groups excluding carboxylic acids is 1. The van der Waals surface area contributed by atoms with Gasteiger partial charge in [-0.1, -0.05) is 53.7 Å². The molecule has 1 heterocycles. The molecule has 1 unspecified atom stereocenters. The molecule has 0 aliphatic heterocycles. The molecule has 1 aromatic heterocycles. The van der Waals surface area contributed by atoms with E-state index >= 15 is 0 Å². The molecule has 0 amide bonds. The van der Waals surface area contributed by atoms with Crippen molar-refractivity contribution in [2.75, 3.05) is 13.2 Å². The lowest BCUT2D eigenvalue weighted by atomic mass is 9.93. The number of nitrogens with two attached hydrogens (primary N) is 1. The standard InChI is InChI=1S/C24H26N2O4/c1-3-29-23(28)24(12-13-24)19-10-8-17(9-11-19)16-4-6-18(7-5-16)22-21(20(27)14-25)15(2)26-30-22/h4-11,20,27H,3,12-14,25H2,1-2H3. The van der Waals surface area contributed by atoms with E-state index in [4.69, 9.17) is 15.0 Å². The van der Waals surface area contributed by atoms with Crippen molar-refractivity contribution >= 4 is 5.97 Å². The maximum absolute atomic E-state index is 12.3. The first-order valence-electron chi connectivity index (χ1n) is 10.2. The third kappa shape index (κ3) is 3.53. The summed E-state index contributed by atoms with van der Waals surface area (Å²) in [5.74, 6) is 0.414. The normalized spacial score (nSPS) is 15.6. The number of aryl methyl sites for hydroxylation is 1. The van der Waals surface area contributed by atoms with Crippen LogP contribution in [0.15, 0.2) is 53.1 Å². The molecule has 3 N–H and O–H groups in total. The van der Waals surface area contributed by atoms with Crippen LogP contribution >= 0.6 is 0 Å². The fourth-order valence-electron chi connectivity index (χ4n) is 3.90. The van der Waals surface area contributed by atoms with Gasteiger partial charge in [-0.3, -0.25) is 4.79 Å². The molecule has 4 rings (SSSR count). The molecule has 0 saturated heterocycles. The van der Waals surface area contributed by atoms with Gasteiger partial charge in [-0.25, -0.2) is 0 Å². The Hall–Kier alpha value is -2.96. The van der Waals surface area contributed by atoms with Crippen LogP contribution in [0.4, 0.5) is 0 Å². The Kier molecular flexibility index (Phi) is 5.45. The topological polar surface area (TPSA) is 98.6 Å². The van der Waals surface area contributed by atoms with E-state index in [0.29, 0.717) is 23.6 Å². The third-order valence-electron chi connectivity index (χ3n) is 5.80. The smallest absolute Gasteiger partial charge is 0.316 e. The van der Waals surface area contributed by atoms with Crippen LogP contribution < -0.4 is 5.73 Å². The average Bonchev–Trinajstić information content (AvgIpc) is 3.50. The number of hydrogen-bond acceptors (Lipinski definition) is 6. The van der Waals surface area contributed by atoms with Gasteiger partial charge in [0.05, 0.1) is 29.4 Å². The second kappa shape index (κ2) is 8.05. The largest absolute Gasteiger partial charge is 0.465 e. The minimum absolute atomic E-state index is 0.104. The van der Waals surface area contributed by atoms with Crippen LogP contribution in [0.1, 0.15) is 42.7 Å². The van der Waals surface area contributed by atoms with Gasteiger partial charge in [0.15, 0.2) is 5.76 Å². The first-order valence-corrected chi connectivity index (χ1v) is 10.2. The maximum atomic E-state index is 12.3. The number of rotatable bonds is 7. The number of hydrogen-bond donors (Lipinski definition) is 2. The quantitative estimate of drug-likeness (QED) is 0.578. The fourth-order valence-corrected chi connectivity index (χ4v) is 3.90. The van der Waals surface area contributed by atoms with Crippen molar-refractivity contribution < 1.29 is 19.2 Å². The minimum Gasteiger partial charge on any atom is -0.465 e. The molecule has 0 radical (unpaired) electrons. The molecule has 0 bridgehead atoms. The van der Waals surface area contributed by atoms with Crippen LogP contribution in [0.3, 0.4) is 0 Å². The first-order chi connectivity index (χ1) is 14.5. The highest BCUT2D eigenvalue weighted by Gasteiger charge is 2.52. The van der Waals surface area contributed by atoms with E-state index < -0.39 is 11.5 Å². The Balaban J connectivity index is 1.57. The highest BCUT2D eigenvalue weighted by Crippen LogP contribution is 2.49. The summed E-state index contributed by atoms with van der Waals surface area (Å²) in [6, 6.07) is 16.0. The van der Waals surface area contributed by atoms with Gasteiger partial charge in [0, 0.05) is 12.1 Å². The van der Waals surface area contributed by atoms with Crippen molar-refractivity contribution in [3.05, 3.63) is 65.4 Å². The van der Waals surface area contributed by atoms with Gasteiger partial charge in [-0.15, -0.1) is 0 Å². The molecule has 6 heteroatoms. The van der Waals surface area contributed by atoms with Crippen LogP contribution in [0.25, 0.3) is 22.5 Å². The molecule has 1 saturated carbocycles. The first kappa shape index (κ1) is 20.3. The number of aliphatic hydroxyl groups is 1. The van der Waals surface area contributed by atoms with Crippen LogP contribution in [0.5, 0.6) is 0 Å². The molecule has 1 fully saturated rings. The Labute approximate surface area is 175 Å². The third-order valence-corrected chi connectivity index (χ3v) is 5.80. The number of esters is 1.